The fourth-order valence-electron chi connectivity index (χ4n) is 1.55. The van der Waals surface area contributed by atoms with Gasteiger partial charge in [-0.05, 0) is 75.3 Å². The Labute approximate surface area is 132 Å². The summed E-state index contributed by atoms with van der Waals surface area (Å²) >= 11 is 5.26. The summed E-state index contributed by atoms with van der Waals surface area (Å²) < 4.78 is 15.1. The van der Waals surface area contributed by atoms with Crippen molar-refractivity contribution in [3.05, 3.63) is 61.4 Å². The van der Waals surface area contributed by atoms with Crippen LogP contribution in [0.4, 0.5) is 10.1 Å². The van der Waals surface area contributed by atoms with Crippen molar-refractivity contribution in [1.29, 1.82) is 0 Å². The molecule has 0 saturated heterocycles. The lowest BCUT2D eigenvalue weighted by Gasteiger charge is -2.08. The highest BCUT2D eigenvalue weighted by Gasteiger charge is 2.14. The van der Waals surface area contributed by atoms with Gasteiger partial charge in [0.25, 0.3) is 5.91 Å². The van der Waals surface area contributed by atoms with E-state index in [1.807, 2.05) is 19.1 Å². The Balaban J connectivity index is 2.26. The van der Waals surface area contributed by atoms with Gasteiger partial charge >= 0.3 is 0 Å². The van der Waals surface area contributed by atoms with Crippen LogP contribution in [0, 0.1) is 16.3 Å². The van der Waals surface area contributed by atoms with Crippen LogP contribution in [-0.4, -0.2) is 5.91 Å². The first kappa shape index (κ1) is 14.5. The molecule has 0 aliphatic heterocycles. The first-order valence-electron chi connectivity index (χ1n) is 5.50. The van der Waals surface area contributed by atoms with Crippen LogP contribution >= 0.6 is 38.5 Å². The summed E-state index contributed by atoms with van der Waals surface area (Å²) in [5, 5.41) is 2.69. The van der Waals surface area contributed by atoms with Gasteiger partial charge in [-0.15, -0.1) is 0 Å². The first-order chi connectivity index (χ1) is 8.99. The third-order valence-corrected chi connectivity index (χ3v) is 4.40. The molecule has 0 radical (unpaired) electrons. The molecule has 0 spiro atoms. The second kappa shape index (κ2) is 6.00. The predicted octanol–water partition coefficient (Wildman–Crippen LogP) is 4.75. The molecule has 5 heteroatoms. The standard InChI is InChI=1S/C14H10BrFINO/c1-8-5-6-9(7-12(8)17)18-14(19)10-3-2-4-11(15)13(10)16/h2-7H,1H3,(H,18,19). The van der Waals surface area contributed by atoms with Crippen molar-refractivity contribution in [2.75, 3.05) is 5.32 Å². The molecule has 0 heterocycles. The van der Waals surface area contributed by atoms with E-state index in [4.69, 9.17) is 0 Å². The van der Waals surface area contributed by atoms with E-state index < -0.39 is 11.7 Å². The minimum Gasteiger partial charge on any atom is -0.322 e. The summed E-state index contributed by atoms with van der Waals surface area (Å²) in [6.45, 7) is 1.99. The van der Waals surface area contributed by atoms with Gasteiger partial charge in [0.05, 0.1) is 10.0 Å². The zero-order valence-electron chi connectivity index (χ0n) is 10.0. The number of benzene rings is 2. The van der Waals surface area contributed by atoms with E-state index >= 15 is 0 Å². The van der Waals surface area contributed by atoms with E-state index in [0.29, 0.717) is 5.69 Å². The number of rotatable bonds is 2. The fourth-order valence-corrected chi connectivity index (χ4v) is 2.43. The van der Waals surface area contributed by atoms with Crippen molar-refractivity contribution in [2.45, 2.75) is 6.92 Å². The van der Waals surface area contributed by atoms with Gasteiger partial charge < -0.3 is 5.32 Å². The molecule has 2 nitrogen and oxygen atoms in total. The van der Waals surface area contributed by atoms with Crippen LogP contribution < -0.4 is 5.32 Å². The van der Waals surface area contributed by atoms with Gasteiger partial charge in [0, 0.05) is 9.26 Å². The van der Waals surface area contributed by atoms with Gasteiger partial charge in [-0.25, -0.2) is 4.39 Å². The lowest BCUT2D eigenvalue weighted by molar-refractivity contribution is 0.102. The molecule has 0 bridgehead atoms. The summed E-state index contributed by atoms with van der Waals surface area (Å²) in [5.41, 5.74) is 1.80. The van der Waals surface area contributed by atoms with Gasteiger partial charge in [0.15, 0.2) is 0 Å². The van der Waals surface area contributed by atoms with Crippen LogP contribution in [0.2, 0.25) is 0 Å². The Bertz CT molecular complexity index is 645. The molecule has 1 N–H and O–H groups in total. The quantitative estimate of drug-likeness (QED) is 0.680. The maximum absolute atomic E-state index is 13.8. The summed E-state index contributed by atoms with van der Waals surface area (Å²) in [5.74, 6) is -1.01. The van der Waals surface area contributed by atoms with Gasteiger partial charge in [-0.1, -0.05) is 12.1 Å². The number of amides is 1. The molecule has 0 saturated carbocycles. The van der Waals surface area contributed by atoms with Gasteiger partial charge in [-0.3, -0.25) is 4.79 Å². The molecule has 0 aromatic heterocycles. The van der Waals surface area contributed by atoms with Gasteiger partial charge in [0.1, 0.15) is 5.82 Å². The highest BCUT2D eigenvalue weighted by atomic mass is 127. The highest BCUT2D eigenvalue weighted by molar-refractivity contribution is 14.1. The molecular formula is C14H10BrFINO. The lowest BCUT2D eigenvalue weighted by atomic mass is 10.2. The maximum atomic E-state index is 13.8. The second-order valence-electron chi connectivity index (χ2n) is 4.02. The van der Waals surface area contributed by atoms with Crippen LogP contribution in [0.25, 0.3) is 0 Å². The van der Waals surface area contributed by atoms with Crippen molar-refractivity contribution >= 4 is 50.1 Å². The number of hydrogen-bond donors (Lipinski definition) is 1. The van der Waals surface area contributed by atoms with E-state index in [-0.39, 0.29) is 10.0 Å². The molecular weight excluding hydrogens is 424 g/mol. The normalized spacial score (nSPS) is 10.3. The highest BCUT2D eigenvalue weighted by Crippen LogP contribution is 2.21. The van der Waals surface area contributed by atoms with Crippen LogP contribution in [0.5, 0.6) is 0 Å². The first-order valence-corrected chi connectivity index (χ1v) is 7.37. The Morgan fingerprint density at radius 1 is 1.32 bits per heavy atom. The molecule has 0 atom stereocenters. The van der Waals surface area contributed by atoms with Crippen LogP contribution in [-0.2, 0) is 0 Å². The molecule has 2 aromatic rings. The third kappa shape index (κ3) is 3.33. The van der Waals surface area contributed by atoms with Crippen LogP contribution in [0.15, 0.2) is 40.9 Å². The zero-order valence-corrected chi connectivity index (χ0v) is 13.7. The molecule has 0 unspecified atom stereocenters. The summed E-state index contributed by atoms with van der Waals surface area (Å²) in [4.78, 5) is 12.0. The second-order valence-corrected chi connectivity index (χ2v) is 6.04. The number of anilines is 1. The topological polar surface area (TPSA) is 29.1 Å². The van der Waals surface area contributed by atoms with Crippen molar-refractivity contribution in [3.8, 4) is 0 Å². The van der Waals surface area contributed by atoms with Crippen molar-refractivity contribution in [2.24, 2.45) is 0 Å². The Morgan fingerprint density at radius 3 is 2.74 bits per heavy atom. The lowest BCUT2D eigenvalue weighted by Crippen LogP contribution is -2.14. The van der Waals surface area contributed by atoms with Gasteiger partial charge in [-0.2, -0.15) is 0 Å². The van der Waals surface area contributed by atoms with Gasteiger partial charge in [0.2, 0.25) is 0 Å². The Morgan fingerprint density at radius 2 is 2.05 bits per heavy atom. The van der Waals surface area contributed by atoms with Crippen LogP contribution in [0.1, 0.15) is 15.9 Å². The molecule has 0 aliphatic carbocycles. The maximum Gasteiger partial charge on any atom is 0.258 e. The number of nitrogens with one attached hydrogen (secondary N) is 1. The van der Waals surface area contributed by atoms with Crippen molar-refractivity contribution < 1.29 is 9.18 Å². The van der Waals surface area contributed by atoms with Crippen molar-refractivity contribution in [3.63, 3.8) is 0 Å². The molecule has 19 heavy (non-hydrogen) atoms. The van der Waals surface area contributed by atoms with E-state index in [1.165, 1.54) is 6.07 Å². The zero-order chi connectivity index (χ0) is 14.0. The average Bonchev–Trinajstić information content (AvgIpc) is 2.37. The summed E-state index contributed by atoms with van der Waals surface area (Å²) in [6.07, 6.45) is 0. The van der Waals surface area contributed by atoms with Crippen LogP contribution in [0.3, 0.4) is 0 Å². The largest absolute Gasteiger partial charge is 0.322 e. The molecule has 0 aliphatic rings. The monoisotopic (exact) mass is 433 g/mol. The van der Waals surface area contributed by atoms with Crippen molar-refractivity contribution in [1.82, 2.24) is 0 Å². The van der Waals surface area contributed by atoms with E-state index in [1.54, 1.807) is 18.2 Å². The molecule has 0 fully saturated rings. The number of carbonyl (C=O) groups is 1. The Kier molecular flexibility index (Phi) is 4.57. The minimum atomic E-state index is -0.554. The number of hydrogen-bond acceptors (Lipinski definition) is 1. The third-order valence-electron chi connectivity index (χ3n) is 2.63. The summed E-state index contributed by atoms with van der Waals surface area (Å²) in [7, 11) is 0. The molecule has 2 aromatic carbocycles. The summed E-state index contributed by atoms with van der Waals surface area (Å²) in [6, 6.07) is 10.2. The number of halogens is 3. The minimum absolute atomic E-state index is 0.0185. The molecule has 1 amide bonds. The SMILES string of the molecule is Cc1ccc(NC(=O)c2cccc(Br)c2F)cc1I. The van der Waals surface area contributed by atoms with E-state index in [9.17, 15) is 9.18 Å². The molecule has 2 rings (SSSR count). The number of aryl methyl sites for hydroxylation is 1. The predicted molar refractivity (Wildman–Crippen MR) is 85.9 cm³/mol. The molecule has 98 valence electrons. The average molecular weight is 434 g/mol. The van der Waals surface area contributed by atoms with E-state index in [2.05, 4.69) is 43.8 Å². The Hall–Kier alpha value is -0.950. The smallest absolute Gasteiger partial charge is 0.258 e. The fraction of sp³-hybridized carbons (Fsp3) is 0.0714. The number of carbonyl (C=O) groups excluding carboxylic acids is 1. The van der Waals surface area contributed by atoms with E-state index in [0.717, 1.165) is 9.13 Å².